The van der Waals surface area contributed by atoms with Gasteiger partial charge in [0.1, 0.15) is 0 Å². The normalized spacial score (nSPS) is 14.3. The van der Waals surface area contributed by atoms with Crippen molar-refractivity contribution >= 4 is 33.9 Å². The van der Waals surface area contributed by atoms with Crippen LogP contribution in [-0.2, 0) is 21.3 Å². The summed E-state index contributed by atoms with van der Waals surface area (Å²) in [7, 11) is -4.12. The van der Waals surface area contributed by atoms with Gasteiger partial charge in [-0.3, -0.25) is 4.79 Å². The summed E-state index contributed by atoms with van der Waals surface area (Å²) in [6, 6.07) is 16.8. The number of unbranched alkanes of at least 4 members (excludes halogenated alkanes) is 7. The fraction of sp³-hybridized carbons (Fsp3) is 0.531. The van der Waals surface area contributed by atoms with Crippen LogP contribution in [0.1, 0.15) is 87.8 Å². The zero-order valence-corrected chi connectivity index (χ0v) is 24.3. The number of hydrogen-bond acceptors (Lipinski definition) is 5. The number of nitrogens with zero attached hydrogens (tertiary/aromatic N) is 2. The maximum atomic E-state index is 12.6. The van der Waals surface area contributed by atoms with Crippen molar-refractivity contribution in [2.75, 3.05) is 36.8 Å². The molecule has 0 aromatic heterocycles. The standard InChI is InChI=1S/C32H46N2O4S/c1-2-3-4-5-6-7-8-12-32(35)34-25-23-33(24-26-34)31-21-19-30(20-22-31)18-17-29-15-13-28(14-16-29)11-9-10-27-39(36,37)38/h13-22H,2-12,23-27H2,1H3,(H,36,37,38)/p-1/b18-17+. The summed E-state index contributed by atoms with van der Waals surface area (Å²) in [5.41, 5.74) is 4.56. The molecular formula is C32H45N2O4S-. The first kappa shape index (κ1) is 30.9. The molecule has 1 aliphatic rings. The molecule has 7 heteroatoms. The van der Waals surface area contributed by atoms with Crippen molar-refractivity contribution in [1.29, 1.82) is 0 Å². The number of piperazine rings is 1. The van der Waals surface area contributed by atoms with Crippen LogP contribution in [0.15, 0.2) is 48.5 Å². The van der Waals surface area contributed by atoms with Crippen LogP contribution in [0.25, 0.3) is 12.2 Å². The number of aryl methyl sites for hydroxylation is 1. The van der Waals surface area contributed by atoms with Crippen LogP contribution < -0.4 is 4.90 Å². The molecule has 0 aliphatic carbocycles. The molecule has 1 aliphatic heterocycles. The lowest BCUT2D eigenvalue weighted by atomic mass is 10.1. The molecule has 0 radical (unpaired) electrons. The van der Waals surface area contributed by atoms with E-state index in [0.29, 0.717) is 25.2 Å². The van der Waals surface area contributed by atoms with Crippen LogP contribution in [0.5, 0.6) is 0 Å². The molecule has 1 amide bonds. The minimum atomic E-state index is -4.12. The molecule has 0 saturated carbocycles. The lowest BCUT2D eigenvalue weighted by molar-refractivity contribution is -0.131. The van der Waals surface area contributed by atoms with Crippen molar-refractivity contribution in [3.63, 3.8) is 0 Å². The second-order valence-corrected chi connectivity index (χ2v) is 12.1. The maximum Gasteiger partial charge on any atom is 0.222 e. The van der Waals surface area contributed by atoms with E-state index in [4.69, 9.17) is 0 Å². The van der Waals surface area contributed by atoms with Crippen molar-refractivity contribution in [3.8, 4) is 0 Å². The van der Waals surface area contributed by atoms with Crippen LogP contribution in [0.3, 0.4) is 0 Å². The van der Waals surface area contributed by atoms with E-state index in [1.165, 1.54) is 44.2 Å². The third-order valence-electron chi connectivity index (χ3n) is 7.44. The second-order valence-electron chi connectivity index (χ2n) is 10.6. The van der Waals surface area contributed by atoms with Gasteiger partial charge in [0.25, 0.3) is 0 Å². The fourth-order valence-corrected chi connectivity index (χ4v) is 5.56. The van der Waals surface area contributed by atoms with Crippen molar-refractivity contribution in [2.45, 2.75) is 77.6 Å². The van der Waals surface area contributed by atoms with Crippen LogP contribution in [-0.4, -0.2) is 55.7 Å². The first-order chi connectivity index (χ1) is 18.8. The van der Waals surface area contributed by atoms with Crippen LogP contribution in [0.2, 0.25) is 0 Å². The number of carbonyl (C=O) groups is 1. The summed E-state index contributed by atoms with van der Waals surface area (Å²) in [4.78, 5) is 17.0. The SMILES string of the molecule is CCCCCCCCCC(=O)N1CCN(c2ccc(/C=C/c3ccc(CCCCS(=O)(=O)[O-])cc3)cc2)CC1. The van der Waals surface area contributed by atoms with Gasteiger partial charge < -0.3 is 14.4 Å². The molecule has 3 rings (SSSR count). The quantitative estimate of drug-likeness (QED) is 0.134. The van der Waals surface area contributed by atoms with Crippen molar-refractivity contribution < 1.29 is 17.8 Å². The fourth-order valence-electron chi connectivity index (χ4n) is 5.00. The Balaban J connectivity index is 1.36. The molecule has 1 fully saturated rings. The number of amides is 1. The zero-order valence-electron chi connectivity index (χ0n) is 23.5. The number of anilines is 1. The first-order valence-corrected chi connectivity index (χ1v) is 16.2. The van der Waals surface area contributed by atoms with E-state index in [0.717, 1.165) is 55.7 Å². The summed E-state index contributed by atoms with van der Waals surface area (Å²) in [6.07, 6.45) is 15.4. The van der Waals surface area contributed by atoms with Crippen molar-refractivity contribution in [2.24, 2.45) is 0 Å². The van der Waals surface area contributed by atoms with Gasteiger partial charge in [0, 0.05) is 44.0 Å². The molecule has 0 bridgehead atoms. The van der Waals surface area contributed by atoms with E-state index < -0.39 is 10.1 Å². The van der Waals surface area contributed by atoms with E-state index >= 15 is 0 Å². The third kappa shape index (κ3) is 12.0. The number of rotatable bonds is 16. The highest BCUT2D eigenvalue weighted by atomic mass is 32.2. The highest BCUT2D eigenvalue weighted by Gasteiger charge is 2.20. The molecule has 1 saturated heterocycles. The van der Waals surface area contributed by atoms with Gasteiger partial charge in [-0.15, -0.1) is 0 Å². The van der Waals surface area contributed by atoms with E-state index in [9.17, 15) is 17.8 Å². The van der Waals surface area contributed by atoms with Gasteiger partial charge in [0.15, 0.2) is 0 Å². The smallest absolute Gasteiger partial charge is 0.222 e. The van der Waals surface area contributed by atoms with Crippen molar-refractivity contribution in [3.05, 3.63) is 65.2 Å². The van der Waals surface area contributed by atoms with Gasteiger partial charge in [-0.1, -0.05) is 94.0 Å². The Morgan fingerprint density at radius 1 is 0.769 bits per heavy atom. The molecule has 2 aromatic rings. The Hall–Kier alpha value is -2.64. The summed E-state index contributed by atoms with van der Waals surface area (Å²) in [5, 5.41) is 0. The summed E-state index contributed by atoms with van der Waals surface area (Å²) < 4.78 is 32.1. The molecular weight excluding hydrogens is 508 g/mol. The topological polar surface area (TPSA) is 80.8 Å². The molecule has 6 nitrogen and oxygen atoms in total. The number of hydrogen-bond donors (Lipinski definition) is 0. The first-order valence-electron chi connectivity index (χ1n) is 14.7. The van der Waals surface area contributed by atoms with Crippen LogP contribution >= 0.6 is 0 Å². The van der Waals surface area contributed by atoms with Gasteiger partial charge >= 0.3 is 0 Å². The molecule has 1 heterocycles. The Kier molecular flexibility index (Phi) is 13.0. The second kappa shape index (κ2) is 16.5. The van der Waals surface area contributed by atoms with Gasteiger partial charge in [0.2, 0.25) is 5.91 Å². The lowest BCUT2D eigenvalue weighted by Gasteiger charge is -2.36. The molecule has 0 unspecified atom stereocenters. The molecule has 2 aromatic carbocycles. The summed E-state index contributed by atoms with van der Waals surface area (Å²) in [6.45, 7) is 5.57. The van der Waals surface area contributed by atoms with E-state index in [-0.39, 0.29) is 5.75 Å². The number of carbonyl (C=O) groups excluding carboxylic acids is 1. The Morgan fingerprint density at radius 3 is 1.92 bits per heavy atom. The monoisotopic (exact) mass is 553 g/mol. The van der Waals surface area contributed by atoms with E-state index in [1.807, 2.05) is 17.0 Å². The zero-order chi connectivity index (χ0) is 27.9. The molecule has 39 heavy (non-hydrogen) atoms. The molecule has 0 N–H and O–H groups in total. The average Bonchev–Trinajstić information content (AvgIpc) is 2.94. The van der Waals surface area contributed by atoms with Crippen LogP contribution in [0, 0.1) is 0 Å². The average molecular weight is 554 g/mol. The van der Waals surface area contributed by atoms with Crippen LogP contribution in [0.4, 0.5) is 5.69 Å². The lowest BCUT2D eigenvalue weighted by Crippen LogP contribution is -2.48. The van der Waals surface area contributed by atoms with Gasteiger partial charge in [-0.05, 0) is 54.5 Å². The predicted octanol–water partition coefficient (Wildman–Crippen LogP) is 6.51. The molecule has 0 atom stereocenters. The number of benzene rings is 2. The van der Waals surface area contributed by atoms with Gasteiger partial charge in [0.05, 0.1) is 10.1 Å². The molecule has 214 valence electrons. The maximum absolute atomic E-state index is 12.6. The predicted molar refractivity (Wildman–Crippen MR) is 161 cm³/mol. The summed E-state index contributed by atoms with van der Waals surface area (Å²) >= 11 is 0. The highest BCUT2D eigenvalue weighted by Crippen LogP contribution is 2.20. The van der Waals surface area contributed by atoms with Gasteiger partial charge in [-0.2, -0.15) is 0 Å². The highest BCUT2D eigenvalue weighted by molar-refractivity contribution is 7.85. The Morgan fingerprint density at radius 2 is 1.33 bits per heavy atom. The Labute approximate surface area is 235 Å². The Bertz CT molecular complexity index is 1120. The van der Waals surface area contributed by atoms with Gasteiger partial charge in [-0.25, -0.2) is 8.42 Å². The third-order valence-corrected chi connectivity index (χ3v) is 8.23. The molecule has 0 spiro atoms. The minimum absolute atomic E-state index is 0.290. The van der Waals surface area contributed by atoms with E-state index in [2.05, 4.69) is 60.4 Å². The minimum Gasteiger partial charge on any atom is -0.748 e. The largest absolute Gasteiger partial charge is 0.748 e. The van der Waals surface area contributed by atoms with E-state index in [1.54, 1.807) is 0 Å². The summed E-state index contributed by atoms with van der Waals surface area (Å²) in [5.74, 6) is 0.0217. The van der Waals surface area contributed by atoms with Crippen molar-refractivity contribution in [1.82, 2.24) is 4.90 Å².